The van der Waals surface area contributed by atoms with Crippen LogP contribution in [0.25, 0.3) is 0 Å². The van der Waals surface area contributed by atoms with Crippen LogP contribution in [-0.4, -0.2) is 30.9 Å². The molecule has 0 rings (SSSR count). The minimum atomic E-state index is -0.476. The van der Waals surface area contributed by atoms with Gasteiger partial charge in [0.2, 0.25) is 11.8 Å². The number of hydrogen-bond acceptors (Lipinski definition) is 3. The lowest BCUT2D eigenvalue weighted by molar-refractivity contribution is -0.131. The van der Waals surface area contributed by atoms with Crippen LogP contribution in [0.4, 0.5) is 0 Å². The Hall–Kier alpha value is -1.10. The van der Waals surface area contributed by atoms with Crippen molar-refractivity contribution >= 4 is 11.8 Å². The van der Waals surface area contributed by atoms with Gasteiger partial charge in [0.05, 0.1) is 6.54 Å². The van der Waals surface area contributed by atoms with Gasteiger partial charge in [-0.05, 0) is 6.42 Å². The minimum Gasteiger partial charge on any atom is -0.351 e. The van der Waals surface area contributed by atoms with Crippen molar-refractivity contribution in [2.24, 2.45) is 11.1 Å². The summed E-state index contributed by atoms with van der Waals surface area (Å²) in [6.45, 7) is 7.97. The summed E-state index contributed by atoms with van der Waals surface area (Å²) in [7, 11) is 0. The lowest BCUT2D eigenvalue weighted by Gasteiger charge is -2.19. The fourth-order valence-corrected chi connectivity index (χ4v) is 1.40. The maximum atomic E-state index is 11.6. The SMILES string of the molecule is CCCCC(CN)NC(=O)CNC(=O)C(C)(C)C. The van der Waals surface area contributed by atoms with E-state index in [0.29, 0.717) is 6.54 Å². The Labute approximate surface area is 110 Å². The van der Waals surface area contributed by atoms with Crippen molar-refractivity contribution in [2.45, 2.75) is 53.0 Å². The van der Waals surface area contributed by atoms with Gasteiger partial charge in [0.25, 0.3) is 0 Å². The molecule has 0 radical (unpaired) electrons. The number of unbranched alkanes of at least 4 members (excludes halogenated alkanes) is 1. The lowest BCUT2D eigenvalue weighted by atomic mass is 9.96. The van der Waals surface area contributed by atoms with Crippen molar-refractivity contribution in [1.29, 1.82) is 0 Å². The van der Waals surface area contributed by atoms with E-state index in [2.05, 4.69) is 17.6 Å². The van der Waals surface area contributed by atoms with Gasteiger partial charge in [0.15, 0.2) is 0 Å². The summed E-state index contributed by atoms with van der Waals surface area (Å²) in [5.74, 6) is -0.311. The first kappa shape index (κ1) is 16.9. The first-order valence-electron chi connectivity index (χ1n) is 6.59. The second-order valence-corrected chi connectivity index (χ2v) is 5.58. The number of hydrogen-bond donors (Lipinski definition) is 3. The summed E-state index contributed by atoms with van der Waals surface area (Å²) in [5, 5.41) is 5.45. The topological polar surface area (TPSA) is 84.2 Å². The van der Waals surface area contributed by atoms with Gasteiger partial charge in [-0.25, -0.2) is 0 Å². The Morgan fingerprint density at radius 2 is 1.89 bits per heavy atom. The Morgan fingerprint density at radius 1 is 1.28 bits per heavy atom. The van der Waals surface area contributed by atoms with Gasteiger partial charge < -0.3 is 16.4 Å². The number of rotatable bonds is 7. The summed E-state index contributed by atoms with van der Waals surface area (Å²) in [6.07, 6.45) is 3.00. The Bertz CT molecular complexity index is 272. The quantitative estimate of drug-likeness (QED) is 0.630. The summed E-state index contributed by atoms with van der Waals surface area (Å²) < 4.78 is 0. The maximum Gasteiger partial charge on any atom is 0.239 e. The molecule has 2 amide bonds. The first-order chi connectivity index (χ1) is 8.31. The molecule has 5 heteroatoms. The highest BCUT2D eigenvalue weighted by Crippen LogP contribution is 2.11. The van der Waals surface area contributed by atoms with Crippen molar-refractivity contribution in [2.75, 3.05) is 13.1 Å². The number of nitrogens with two attached hydrogens (primary N) is 1. The van der Waals surface area contributed by atoms with Crippen LogP contribution in [0.5, 0.6) is 0 Å². The number of carbonyl (C=O) groups is 2. The van der Waals surface area contributed by atoms with Crippen LogP contribution in [0, 0.1) is 5.41 Å². The molecule has 0 aliphatic heterocycles. The average Bonchev–Trinajstić information content (AvgIpc) is 2.30. The van der Waals surface area contributed by atoms with E-state index in [-0.39, 0.29) is 24.4 Å². The molecule has 0 saturated carbocycles. The van der Waals surface area contributed by atoms with E-state index in [0.717, 1.165) is 19.3 Å². The standard InChI is InChI=1S/C13H27N3O2/c1-5-6-7-10(8-14)16-11(17)9-15-12(18)13(2,3)4/h10H,5-9,14H2,1-4H3,(H,15,18)(H,16,17). The summed E-state index contributed by atoms with van der Waals surface area (Å²) in [5.41, 5.74) is 5.11. The van der Waals surface area contributed by atoms with Gasteiger partial charge in [0.1, 0.15) is 0 Å². The molecule has 4 N–H and O–H groups in total. The molecular formula is C13H27N3O2. The molecule has 106 valence electrons. The normalized spacial score (nSPS) is 12.9. The third-order valence-electron chi connectivity index (χ3n) is 2.65. The van der Waals surface area contributed by atoms with E-state index in [1.807, 2.05) is 20.8 Å². The monoisotopic (exact) mass is 257 g/mol. The second-order valence-electron chi connectivity index (χ2n) is 5.58. The van der Waals surface area contributed by atoms with Crippen LogP contribution in [-0.2, 0) is 9.59 Å². The molecule has 0 saturated heterocycles. The fraction of sp³-hybridized carbons (Fsp3) is 0.846. The van der Waals surface area contributed by atoms with Gasteiger partial charge in [0, 0.05) is 18.0 Å². The van der Waals surface area contributed by atoms with Crippen LogP contribution in [0.15, 0.2) is 0 Å². The van der Waals surface area contributed by atoms with Gasteiger partial charge in [-0.2, -0.15) is 0 Å². The molecule has 0 aromatic carbocycles. The number of amides is 2. The largest absolute Gasteiger partial charge is 0.351 e. The molecule has 0 aliphatic rings. The van der Waals surface area contributed by atoms with Crippen molar-refractivity contribution in [3.05, 3.63) is 0 Å². The van der Waals surface area contributed by atoms with Gasteiger partial charge in [-0.1, -0.05) is 40.5 Å². The first-order valence-corrected chi connectivity index (χ1v) is 6.59. The van der Waals surface area contributed by atoms with Gasteiger partial charge >= 0.3 is 0 Å². The lowest BCUT2D eigenvalue weighted by Crippen LogP contribution is -2.46. The minimum absolute atomic E-state index is 0.00369. The molecule has 0 aromatic rings. The van der Waals surface area contributed by atoms with Crippen molar-refractivity contribution < 1.29 is 9.59 Å². The number of carbonyl (C=O) groups excluding carboxylic acids is 2. The van der Waals surface area contributed by atoms with Crippen LogP contribution in [0.2, 0.25) is 0 Å². The van der Waals surface area contributed by atoms with E-state index >= 15 is 0 Å². The van der Waals surface area contributed by atoms with E-state index in [1.165, 1.54) is 0 Å². The molecular weight excluding hydrogens is 230 g/mol. The zero-order valence-corrected chi connectivity index (χ0v) is 12.0. The highest BCUT2D eigenvalue weighted by atomic mass is 16.2. The van der Waals surface area contributed by atoms with Gasteiger partial charge in [-0.15, -0.1) is 0 Å². The third-order valence-corrected chi connectivity index (χ3v) is 2.65. The smallest absolute Gasteiger partial charge is 0.239 e. The van der Waals surface area contributed by atoms with E-state index < -0.39 is 5.41 Å². The number of nitrogens with one attached hydrogen (secondary N) is 2. The summed E-state index contributed by atoms with van der Waals surface area (Å²) in [6, 6.07) is 0.00369. The third kappa shape index (κ3) is 7.27. The molecule has 0 spiro atoms. The Morgan fingerprint density at radius 3 is 2.33 bits per heavy atom. The van der Waals surface area contributed by atoms with Crippen LogP contribution in [0.1, 0.15) is 47.0 Å². The van der Waals surface area contributed by atoms with Crippen LogP contribution >= 0.6 is 0 Å². The van der Waals surface area contributed by atoms with E-state index in [9.17, 15) is 9.59 Å². The highest BCUT2D eigenvalue weighted by Gasteiger charge is 2.21. The average molecular weight is 257 g/mol. The molecule has 18 heavy (non-hydrogen) atoms. The highest BCUT2D eigenvalue weighted by molar-refractivity contribution is 5.87. The van der Waals surface area contributed by atoms with Crippen molar-refractivity contribution in [3.8, 4) is 0 Å². The molecule has 0 aromatic heterocycles. The van der Waals surface area contributed by atoms with E-state index in [4.69, 9.17) is 5.73 Å². The molecule has 0 bridgehead atoms. The molecule has 0 fully saturated rings. The zero-order chi connectivity index (χ0) is 14.2. The molecule has 0 heterocycles. The predicted molar refractivity (Wildman–Crippen MR) is 73.0 cm³/mol. The summed E-state index contributed by atoms with van der Waals surface area (Å²) in [4.78, 5) is 23.2. The van der Waals surface area contributed by atoms with Gasteiger partial charge in [-0.3, -0.25) is 9.59 Å². The predicted octanol–water partition coefficient (Wildman–Crippen LogP) is 0.782. The Balaban J connectivity index is 3.99. The molecule has 1 atom stereocenters. The molecule has 5 nitrogen and oxygen atoms in total. The molecule has 0 aliphatic carbocycles. The van der Waals surface area contributed by atoms with E-state index in [1.54, 1.807) is 0 Å². The van der Waals surface area contributed by atoms with Crippen LogP contribution < -0.4 is 16.4 Å². The van der Waals surface area contributed by atoms with Crippen molar-refractivity contribution in [1.82, 2.24) is 10.6 Å². The maximum absolute atomic E-state index is 11.6. The Kier molecular flexibility index (Phi) is 7.59. The zero-order valence-electron chi connectivity index (χ0n) is 12.0. The van der Waals surface area contributed by atoms with Crippen LogP contribution in [0.3, 0.4) is 0 Å². The molecule has 1 unspecified atom stereocenters. The summed E-state index contributed by atoms with van der Waals surface area (Å²) >= 11 is 0. The second kappa shape index (κ2) is 8.08. The van der Waals surface area contributed by atoms with Crippen molar-refractivity contribution in [3.63, 3.8) is 0 Å². The fourth-order valence-electron chi connectivity index (χ4n) is 1.40.